The standard InChI is InChI=1S/C11H21N3O2/c1-8(2)10-12-13(6-7-16-5)11(15)14(10)9(3)4/h8-9H,6-7H2,1-5H3. The van der Waals surface area contributed by atoms with E-state index >= 15 is 0 Å². The van der Waals surface area contributed by atoms with Crippen LogP contribution in [0.1, 0.15) is 45.5 Å². The molecular formula is C11H21N3O2. The number of hydrogen-bond donors (Lipinski definition) is 0. The fraction of sp³-hybridized carbons (Fsp3) is 0.818. The maximum Gasteiger partial charge on any atom is 0.346 e. The first-order valence-electron chi connectivity index (χ1n) is 5.67. The van der Waals surface area contributed by atoms with Crippen LogP contribution in [-0.4, -0.2) is 28.1 Å². The Morgan fingerprint density at radius 3 is 2.31 bits per heavy atom. The van der Waals surface area contributed by atoms with Gasteiger partial charge >= 0.3 is 5.69 Å². The Bertz CT molecular complexity index is 390. The molecule has 16 heavy (non-hydrogen) atoms. The highest BCUT2D eigenvalue weighted by atomic mass is 16.5. The van der Waals surface area contributed by atoms with Gasteiger partial charge in [0, 0.05) is 19.1 Å². The van der Waals surface area contributed by atoms with Crippen LogP contribution in [0, 0.1) is 0 Å². The van der Waals surface area contributed by atoms with Crippen LogP contribution in [0.3, 0.4) is 0 Å². The van der Waals surface area contributed by atoms with Crippen molar-refractivity contribution in [2.24, 2.45) is 0 Å². The summed E-state index contributed by atoms with van der Waals surface area (Å²) in [7, 11) is 1.62. The van der Waals surface area contributed by atoms with Gasteiger partial charge in [-0.2, -0.15) is 5.10 Å². The third-order valence-corrected chi connectivity index (χ3v) is 2.44. The molecule has 5 heteroatoms. The molecule has 0 aliphatic rings. The first-order valence-corrected chi connectivity index (χ1v) is 5.67. The van der Waals surface area contributed by atoms with Crippen molar-refractivity contribution in [3.05, 3.63) is 16.3 Å². The average Bonchev–Trinajstić information content (AvgIpc) is 2.53. The third kappa shape index (κ3) is 2.52. The SMILES string of the molecule is COCCn1nc(C(C)C)n(C(C)C)c1=O. The summed E-state index contributed by atoms with van der Waals surface area (Å²) >= 11 is 0. The second-order valence-corrected chi connectivity index (χ2v) is 4.48. The molecule has 0 atom stereocenters. The van der Waals surface area contributed by atoms with Crippen molar-refractivity contribution >= 4 is 0 Å². The van der Waals surface area contributed by atoms with Gasteiger partial charge in [0.1, 0.15) is 5.82 Å². The summed E-state index contributed by atoms with van der Waals surface area (Å²) in [6.07, 6.45) is 0. The zero-order valence-electron chi connectivity index (χ0n) is 10.7. The molecule has 0 amide bonds. The lowest BCUT2D eigenvalue weighted by molar-refractivity contribution is 0.182. The normalized spacial score (nSPS) is 11.7. The molecule has 0 radical (unpaired) electrons. The molecule has 92 valence electrons. The summed E-state index contributed by atoms with van der Waals surface area (Å²) in [6, 6.07) is 0.140. The molecule has 0 bridgehead atoms. The molecular weight excluding hydrogens is 206 g/mol. The highest BCUT2D eigenvalue weighted by Crippen LogP contribution is 2.13. The lowest BCUT2D eigenvalue weighted by Gasteiger charge is -2.10. The van der Waals surface area contributed by atoms with Crippen molar-refractivity contribution < 1.29 is 4.74 Å². The number of methoxy groups -OCH3 is 1. The zero-order valence-corrected chi connectivity index (χ0v) is 10.7. The maximum atomic E-state index is 12.0. The fourth-order valence-electron chi connectivity index (χ4n) is 1.64. The van der Waals surface area contributed by atoms with Gasteiger partial charge in [-0.15, -0.1) is 0 Å². The molecule has 1 rings (SSSR count). The molecule has 0 aliphatic heterocycles. The van der Waals surface area contributed by atoms with Gasteiger partial charge in [-0.3, -0.25) is 4.57 Å². The van der Waals surface area contributed by atoms with E-state index in [-0.39, 0.29) is 17.6 Å². The van der Waals surface area contributed by atoms with E-state index in [0.29, 0.717) is 13.2 Å². The molecule has 0 aromatic carbocycles. The second-order valence-electron chi connectivity index (χ2n) is 4.48. The lowest BCUT2D eigenvalue weighted by Crippen LogP contribution is -2.28. The first-order chi connectivity index (χ1) is 7.49. The van der Waals surface area contributed by atoms with E-state index in [4.69, 9.17) is 4.74 Å². The predicted molar refractivity (Wildman–Crippen MR) is 62.8 cm³/mol. The molecule has 0 fully saturated rings. The van der Waals surface area contributed by atoms with Crippen molar-refractivity contribution in [3.8, 4) is 0 Å². The minimum Gasteiger partial charge on any atom is -0.383 e. The molecule has 0 N–H and O–H groups in total. The van der Waals surface area contributed by atoms with Crippen LogP contribution in [0.25, 0.3) is 0 Å². The highest BCUT2D eigenvalue weighted by molar-refractivity contribution is 4.95. The van der Waals surface area contributed by atoms with Crippen LogP contribution in [0.15, 0.2) is 4.79 Å². The quantitative estimate of drug-likeness (QED) is 0.764. The topological polar surface area (TPSA) is 49.0 Å². The molecule has 0 saturated carbocycles. The van der Waals surface area contributed by atoms with Crippen LogP contribution >= 0.6 is 0 Å². The Balaban J connectivity index is 3.14. The molecule has 1 aromatic heterocycles. The van der Waals surface area contributed by atoms with Crippen LogP contribution in [0.5, 0.6) is 0 Å². The monoisotopic (exact) mass is 227 g/mol. The Hall–Kier alpha value is -1.10. The highest BCUT2D eigenvalue weighted by Gasteiger charge is 2.17. The van der Waals surface area contributed by atoms with Crippen molar-refractivity contribution in [2.45, 2.75) is 46.2 Å². The summed E-state index contributed by atoms with van der Waals surface area (Å²) in [5.74, 6) is 1.09. The Labute approximate surface area is 96.0 Å². The number of hydrogen-bond acceptors (Lipinski definition) is 3. The largest absolute Gasteiger partial charge is 0.383 e. The molecule has 0 aliphatic carbocycles. The minimum atomic E-state index is -0.0456. The van der Waals surface area contributed by atoms with Gasteiger partial charge in [0.05, 0.1) is 13.2 Å². The van der Waals surface area contributed by atoms with E-state index in [9.17, 15) is 4.79 Å². The molecule has 5 nitrogen and oxygen atoms in total. The Morgan fingerprint density at radius 2 is 1.94 bits per heavy atom. The summed E-state index contributed by atoms with van der Waals surface area (Å²) in [4.78, 5) is 12.0. The van der Waals surface area contributed by atoms with Crippen LogP contribution < -0.4 is 5.69 Å². The van der Waals surface area contributed by atoms with Crippen molar-refractivity contribution in [3.63, 3.8) is 0 Å². The molecule has 1 heterocycles. The Morgan fingerprint density at radius 1 is 1.31 bits per heavy atom. The van der Waals surface area contributed by atoms with Gasteiger partial charge in [0.25, 0.3) is 0 Å². The van der Waals surface area contributed by atoms with E-state index in [1.807, 2.05) is 27.7 Å². The van der Waals surface area contributed by atoms with Gasteiger partial charge in [0.2, 0.25) is 0 Å². The van der Waals surface area contributed by atoms with Gasteiger partial charge in [-0.1, -0.05) is 13.8 Å². The number of nitrogens with zero attached hydrogens (tertiary/aromatic N) is 3. The predicted octanol–water partition coefficient (Wildman–Crippen LogP) is 1.40. The van der Waals surface area contributed by atoms with Gasteiger partial charge in [-0.25, -0.2) is 9.48 Å². The first kappa shape index (κ1) is 13.0. The molecule has 0 saturated heterocycles. The fourth-order valence-corrected chi connectivity index (χ4v) is 1.64. The van der Waals surface area contributed by atoms with Crippen molar-refractivity contribution in [1.29, 1.82) is 0 Å². The lowest BCUT2D eigenvalue weighted by atomic mass is 10.2. The van der Waals surface area contributed by atoms with E-state index < -0.39 is 0 Å². The maximum absolute atomic E-state index is 12.0. The van der Waals surface area contributed by atoms with E-state index in [1.54, 1.807) is 11.7 Å². The summed E-state index contributed by atoms with van der Waals surface area (Å²) < 4.78 is 8.20. The van der Waals surface area contributed by atoms with E-state index in [2.05, 4.69) is 5.10 Å². The van der Waals surface area contributed by atoms with Gasteiger partial charge < -0.3 is 4.74 Å². The summed E-state index contributed by atoms with van der Waals surface area (Å²) in [5, 5.41) is 4.36. The van der Waals surface area contributed by atoms with Crippen LogP contribution in [0.4, 0.5) is 0 Å². The number of ether oxygens (including phenoxy) is 1. The Kier molecular flexibility index (Phi) is 4.29. The molecule has 0 spiro atoms. The number of aromatic nitrogens is 3. The number of rotatable bonds is 5. The minimum absolute atomic E-state index is 0.0456. The average molecular weight is 227 g/mol. The smallest absolute Gasteiger partial charge is 0.346 e. The van der Waals surface area contributed by atoms with Gasteiger partial charge in [0.15, 0.2) is 0 Å². The third-order valence-electron chi connectivity index (χ3n) is 2.44. The van der Waals surface area contributed by atoms with Gasteiger partial charge in [-0.05, 0) is 13.8 Å². The van der Waals surface area contributed by atoms with Crippen LogP contribution in [0.2, 0.25) is 0 Å². The van der Waals surface area contributed by atoms with Crippen LogP contribution in [-0.2, 0) is 11.3 Å². The van der Waals surface area contributed by atoms with E-state index in [0.717, 1.165) is 5.82 Å². The zero-order chi connectivity index (χ0) is 12.3. The molecule has 0 unspecified atom stereocenters. The van der Waals surface area contributed by atoms with Crippen molar-refractivity contribution in [1.82, 2.24) is 14.3 Å². The molecule has 1 aromatic rings. The van der Waals surface area contributed by atoms with Crippen molar-refractivity contribution in [2.75, 3.05) is 13.7 Å². The summed E-state index contributed by atoms with van der Waals surface area (Å²) in [5.41, 5.74) is -0.0456. The summed E-state index contributed by atoms with van der Waals surface area (Å²) in [6.45, 7) is 9.09. The van der Waals surface area contributed by atoms with E-state index in [1.165, 1.54) is 4.68 Å². The second kappa shape index (κ2) is 5.30.